The van der Waals surface area contributed by atoms with Gasteiger partial charge in [0.1, 0.15) is 0 Å². The van der Waals surface area contributed by atoms with E-state index in [1.807, 2.05) is 0 Å². The lowest BCUT2D eigenvalue weighted by Crippen LogP contribution is -2.16. The van der Waals surface area contributed by atoms with Crippen molar-refractivity contribution in [3.63, 3.8) is 0 Å². The molecule has 0 aromatic carbocycles. The molecule has 1 heteroatoms. The average Bonchev–Trinajstić information content (AvgIpc) is 2.87. The lowest BCUT2D eigenvalue weighted by molar-refractivity contribution is 0.528. The maximum atomic E-state index is 4.21. The Morgan fingerprint density at radius 3 is 2.89 bits per heavy atom. The van der Waals surface area contributed by atoms with Crippen LogP contribution in [0.5, 0.6) is 0 Å². The first-order valence-corrected chi connectivity index (χ1v) is 11.6. The fraction of sp³-hybridized carbons (Fsp3) is 0.462. The van der Waals surface area contributed by atoms with Crippen LogP contribution in [0.4, 0.5) is 0 Å². The smallest absolute Gasteiger partial charge is 0.0114 e. The minimum absolute atomic E-state index is 0.201. The molecule has 0 radical (unpaired) electrons. The summed E-state index contributed by atoms with van der Waals surface area (Å²) >= 11 is 2.48. The molecule has 0 amide bonds. The van der Waals surface area contributed by atoms with E-state index in [0.717, 1.165) is 12.8 Å². The molecule has 0 saturated carbocycles. The van der Waals surface area contributed by atoms with Crippen LogP contribution in [-0.4, -0.2) is 0 Å². The van der Waals surface area contributed by atoms with Gasteiger partial charge >= 0.3 is 0 Å². The Hall–Kier alpha value is -1.09. The molecular formula is C26H31I. The first-order valence-electron chi connectivity index (χ1n) is 10.5. The largest absolute Gasteiger partial charge is 0.0955 e. The Labute approximate surface area is 178 Å². The quantitative estimate of drug-likeness (QED) is 0.287. The first kappa shape index (κ1) is 19.2. The third kappa shape index (κ3) is 3.77. The molecule has 2 atom stereocenters. The number of allylic oxidation sites excluding steroid dienone is 13. The van der Waals surface area contributed by atoms with Crippen molar-refractivity contribution >= 4 is 22.6 Å². The van der Waals surface area contributed by atoms with Crippen molar-refractivity contribution in [1.29, 1.82) is 0 Å². The lowest BCUT2D eigenvalue weighted by Gasteiger charge is -2.28. The molecule has 4 rings (SSSR count). The minimum Gasteiger partial charge on any atom is -0.0955 e. The van der Waals surface area contributed by atoms with Gasteiger partial charge in [-0.2, -0.15) is 0 Å². The normalized spacial score (nSPS) is 29.4. The van der Waals surface area contributed by atoms with Crippen molar-refractivity contribution in [3.8, 4) is 0 Å². The Morgan fingerprint density at radius 2 is 2.07 bits per heavy atom. The Morgan fingerprint density at radius 1 is 1.22 bits per heavy atom. The molecule has 0 fully saturated rings. The van der Waals surface area contributed by atoms with Crippen molar-refractivity contribution in [3.05, 3.63) is 80.6 Å². The van der Waals surface area contributed by atoms with E-state index in [0.29, 0.717) is 11.8 Å². The molecule has 0 spiro atoms. The summed E-state index contributed by atoms with van der Waals surface area (Å²) in [6.45, 7) is 9.07. The number of halogens is 1. The van der Waals surface area contributed by atoms with Crippen LogP contribution in [0.2, 0.25) is 0 Å². The molecule has 142 valence electrons. The summed E-state index contributed by atoms with van der Waals surface area (Å²) in [6, 6.07) is 0. The third-order valence-corrected chi connectivity index (χ3v) is 7.70. The van der Waals surface area contributed by atoms with E-state index in [1.165, 1.54) is 41.3 Å². The van der Waals surface area contributed by atoms with Crippen LogP contribution in [0.25, 0.3) is 0 Å². The lowest BCUT2D eigenvalue weighted by atomic mass is 9.77. The number of fused-ring (bicyclic) bond motifs is 2. The van der Waals surface area contributed by atoms with Gasteiger partial charge in [-0.05, 0) is 85.1 Å². The van der Waals surface area contributed by atoms with Crippen LogP contribution < -0.4 is 0 Å². The third-order valence-electron chi connectivity index (χ3n) is 6.95. The standard InChI is InChI=1S/C26H31I/c1-18-8-4-6-10-20(18)11-7-5-9-19-12-14-22-23-15-13-21(27)17-25(23)26(2,3)24(22)16-19/h4-5,7-8,13,16-17,20,23H,1,6,9-12,14-15H2,2-3H3/b7-5-. The Bertz CT molecular complexity index is 822. The van der Waals surface area contributed by atoms with Crippen molar-refractivity contribution in [2.24, 2.45) is 17.3 Å². The fourth-order valence-electron chi connectivity index (χ4n) is 5.29. The van der Waals surface area contributed by atoms with Crippen LogP contribution in [0.3, 0.4) is 0 Å². The summed E-state index contributed by atoms with van der Waals surface area (Å²) in [4.78, 5) is 0. The summed E-state index contributed by atoms with van der Waals surface area (Å²) in [7, 11) is 0. The monoisotopic (exact) mass is 470 g/mol. The molecular weight excluding hydrogens is 439 g/mol. The van der Waals surface area contributed by atoms with Gasteiger partial charge in [0.05, 0.1) is 0 Å². The summed E-state index contributed by atoms with van der Waals surface area (Å²) in [5, 5.41) is 0. The van der Waals surface area contributed by atoms with Crippen LogP contribution in [0.1, 0.15) is 58.8 Å². The maximum absolute atomic E-state index is 4.21. The Balaban J connectivity index is 1.44. The van der Waals surface area contributed by atoms with E-state index >= 15 is 0 Å². The van der Waals surface area contributed by atoms with Crippen LogP contribution >= 0.6 is 22.6 Å². The highest BCUT2D eigenvalue weighted by molar-refractivity contribution is 14.1. The molecule has 0 saturated heterocycles. The van der Waals surface area contributed by atoms with Gasteiger partial charge in [0.25, 0.3) is 0 Å². The molecule has 27 heavy (non-hydrogen) atoms. The van der Waals surface area contributed by atoms with Gasteiger partial charge in [-0.1, -0.05) is 79.2 Å². The highest BCUT2D eigenvalue weighted by Gasteiger charge is 2.43. The van der Waals surface area contributed by atoms with Gasteiger partial charge in [0, 0.05) is 14.9 Å². The SMILES string of the molecule is C=C1C=CCCC1C/C=C\CC1=CC2=C(CC1)C1CC=C(I)C=C1C2(C)C. The van der Waals surface area contributed by atoms with Gasteiger partial charge in [0.15, 0.2) is 0 Å². The van der Waals surface area contributed by atoms with Gasteiger partial charge < -0.3 is 0 Å². The average molecular weight is 470 g/mol. The second kappa shape index (κ2) is 7.73. The summed E-state index contributed by atoms with van der Waals surface area (Å²) in [6.07, 6.45) is 25.1. The highest BCUT2D eigenvalue weighted by Crippen LogP contribution is 2.57. The highest BCUT2D eigenvalue weighted by atomic mass is 127. The zero-order valence-corrected chi connectivity index (χ0v) is 18.9. The second-order valence-electron chi connectivity index (χ2n) is 9.01. The molecule has 0 bridgehead atoms. The minimum atomic E-state index is 0.201. The maximum Gasteiger partial charge on any atom is 0.0114 e. The zero-order chi connectivity index (χ0) is 19.0. The van der Waals surface area contributed by atoms with Crippen molar-refractivity contribution in [2.75, 3.05) is 0 Å². The van der Waals surface area contributed by atoms with Gasteiger partial charge in [-0.25, -0.2) is 0 Å². The molecule has 0 aliphatic heterocycles. The van der Waals surface area contributed by atoms with Crippen LogP contribution in [0, 0.1) is 17.3 Å². The number of hydrogen-bond donors (Lipinski definition) is 0. The second-order valence-corrected chi connectivity index (χ2v) is 10.3. The number of rotatable bonds is 4. The summed E-state index contributed by atoms with van der Waals surface area (Å²) in [5.74, 6) is 1.33. The van der Waals surface area contributed by atoms with Crippen molar-refractivity contribution < 1.29 is 0 Å². The van der Waals surface area contributed by atoms with Crippen molar-refractivity contribution in [2.45, 2.75) is 58.8 Å². The predicted octanol–water partition coefficient (Wildman–Crippen LogP) is 8.17. The fourth-order valence-corrected chi connectivity index (χ4v) is 5.88. The van der Waals surface area contributed by atoms with E-state index in [-0.39, 0.29) is 5.41 Å². The molecule has 4 aliphatic carbocycles. The Kier molecular flexibility index (Phi) is 5.51. The van der Waals surface area contributed by atoms with E-state index in [2.05, 4.69) is 85.5 Å². The van der Waals surface area contributed by atoms with E-state index in [4.69, 9.17) is 0 Å². The van der Waals surface area contributed by atoms with E-state index in [1.54, 1.807) is 22.3 Å². The summed E-state index contributed by atoms with van der Waals surface area (Å²) in [5.41, 5.74) is 8.12. The topological polar surface area (TPSA) is 0 Å². The molecule has 0 N–H and O–H groups in total. The first-order chi connectivity index (χ1) is 13.0. The van der Waals surface area contributed by atoms with E-state index < -0.39 is 0 Å². The van der Waals surface area contributed by atoms with Gasteiger partial charge in [0.2, 0.25) is 0 Å². The molecule has 0 aromatic heterocycles. The zero-order valence-electron chi connectivity index (χ0n) is 16.7. The summed E-state index contributed by atoms with van der Waals surface area (Å²) < 4.78 is 1.41. The molecule has 4 aliphatic rings. The number of hydrogen-bond acceptors (Lipinski definition) is 0. The van der Waals surface area contributed by atoms with Crippen molar-refractivity contribution in [1.82, 2.24) is 0 Å². The van der Waals surface area contributed by atoms with Crippen LogP contribution in [0.15, 0.2) is 80.6 Å². The molecule has 0 nitrogen and oxygen atoms in total. The molecule has 2 unspecified atom stereocenters. The van der Waals surface area contributed by atoms with Gasteiger partial charge in [-0.15, -0.1) is 0 Å². The van der Waals surface area contributed by atoms with E-state index in [9.17, 15) is 0 Å². The molecule has 0 heterocycles. The van der Waals surface area contributed by atoms with Gasteiger partial charge in [-0.3, -0.25) is 0 Å². The predicted molar refractivity (Wildman–Crippen MR) is 126 cm³/mol. The van der Waals surface area contributed by atoms with Crippen LogP contribution in [-0.2, 0) is 0 Å². The molecule has 0 aromatic rings.